The number of nitrogens with zero attached hydrogens (tertiary/aromatic N) is 1. The van der Waals surface area contributed by atoms with Crippen LogP contribution in [0.3, 0.4) is 0 Å². The summed E-state index contributed by atoms with van der Waals surface area (Å²) in [6, 6.07) is 12.9. The van der Waals surface area contributed by atoms with E-state index in [4.69, 9.17) is 4.74 Å². The van der Waals surface area contributed by atoms with Crippen LogP contribution in [-0.4, -0.2) is 27.6 Å². The molecule has 4 rings (SSSR count). The second-order valence-corrected chi connectivity index (χ2v) is 8.28. The number of fused-ring (bicyclic) bond motifs is 1. The van der Waals surface area contributed by atoms with Gasteiger partial charge in [0.1, 0.15) is 5.82 Å². The fourth-order valence-corrected chi connectivity index (χ4v) is 4.58. The van der Waals surface area contributed by atoms with Crippen molar-refractivity contribution < 1.29 is 14.6 Å². The van der Waals surface area contributed by atoms with Crippen LogP contribution in [0, 0.1) is 6.92 Å². The quantitative estimate of drug-likeness (QED) is 0.398. The van der Waals surface area contributed by atoms with Gasteiger partial charge in [-0.25, -0.2) is 4.98 Å². The Labute approximate surface area is 183 Å². The number of aromatic nitrogens is 2. The maximum Gasteiger partial charge on any atom is 0.257 e. The summed E-state index contributed by atoms with van der Waals surface area (Å²) in [6.07, 6.45) is 0.115. The van der Waals surface area contributed by atoms with Crippen molar-refractivity contribution in [1.82, 2.24) is 9.97 Å². The number of hydrogen-bond acceptors (Lipinski definition) is 6. The normalized spacial score (nSPS) is 15.3. The number of rotatable bonds is 6. The van der Waals surface area contributed by atoms with E-state index in [1.54, 1.807) is 12.1 Å². The molecule has 2 aromatic carbocycles. The van der Waals surface area contributed by atoms with E-state index >= 15 is 0 Å². The van der Waals surface area contributed by atoms with Crippen molar-refractivity contribution in [2.24, 2.45) is 0 Å². The van der Waals surface area contributed by atoms with Crippen molar-refractivity contribution in [3.8, 4) is 11.5 Å². The highest BCUT2D eigenvalue weighted by atomic mass is 32.2. The van der Waals surface area contributed by atoms with Crippen LogP contribution in [0.15, 0.2) is 52.4 Å². The van der Waals surface area contributed by atoms with Crippen LogP contribution in [0.5, 0.6) is 11.5 Å². The first kappa shape index (κ1) is 21.0. The molecule has 3 N–H and O–H groups in total. The predicted octanol–water partition coefficient (Wildman–Crippen LogP) is 3.95. The number of nitrogens with one attached hydrogen (secondary N) is 2. The molecule has 3 aromatic rings. The number of phenolic OH excluding ortho intramolecular Hbond substituents is 1. The van der Waals surface area contributed by atoms with Gasteiger partial charge in [0.25, 0.3) is 5.56 Å². The summed E-state index contributed by atoms with van der Waals surface area (Å²) in [7, 11) is 0. The average Bonchev–Trinajstić information content (AvgIpc) is 2.74. The van der Waals surface area contributed by atoms with E-state index in [0.29, 0.717) is 34.4 Å². The highest BCUT2D eigenvalue weighted by Crippen LogP contribution is 2.38. The number of benzene rings is 2. The number of aromatic amines is 1. The highest BCUT2D eigenvalue weighted by molar-refractivity contribution is 7.98. The van der Waals surface area contributed by atoms with E-state index in [-0.39, 0.29) is 29.5 Å². The molecule has 0 aliphatic carbocycles. The van der Waals surface area contributed by atoms with Crippen LogP contribution in [-0.2, 0) is 10.5 Å². The Bertz CT molecular complexity index is 1190. The van der Waals surface area contributed by atoms with Crippen molar-refractivity contribution in [2.45, 2.75) is 37.1 Å². The smallest absolute Gasteiger partial charge is 0.257 e. The van der Waals surface area contributed by atoms with E-state index in [0.717, 1.165) is 5.56 Å². The van der Waals surface area contributed by atoms with Gasteiger partial charge in [-0.1, -0.05) is 42.1 Å². The van der Waals surface area contributed by atoms with E-state index < -0.39 is 5.92 Å². The molecule has 160 valence electrons. The number of ether oxygens (including phenoxy) is 1. The number of carbonyl (C=O) groups is 1. The molecule has 1 aliphatic heterocycles. The first-order chi connectivity index (χ1) is 15.0. The average molecular weight is 438 g/mol. The van der Waals surface area contributed by atoms with Gasteiger partial charge in [0.05, 0.1) is 12.2 Å². The van der Waals surface area contributed by atoms with Crippen molar-refractivity contribution in [3.63, 3.8) is 0 Å². The highest BCUT2D eigenvalue weighted by Gasteiger charge is 2.31. The molecule has 0 fully saturated rings. The molecule has 1 aromatic heterocycles. The lowest BCUT2D eigenvalue weighted by molar-refractivity contribution is -0.116. The summed E-state index contributed by atoms with van der Waals surface area (Å²) in [5, 5.41) is 13.2. The molecule has 2 heterocycles. The summed E-state index contributed by atoms with van der Waals surface area (Å²) in [5.74, 6) is 0.583. The van der Waals surface area contributed by atoms with Gasteiger partial charge < -0.3 is 20.1 Å². The lowest BCUT2D eigenvalue weighted by Crippen LogP contribution is -2.31. The summed E-state index contributed by atoms with van der Waals surface area (Å²) >= 11 is 1.41. The van der Waals surface area contributed by atoms with Gasteiger partial charge in [-0.3, -0.25) is 9.59 Å². The minimum absolute atomic E-state index is 0.0149. The van der Waals surface area contributed by atoms with Crippen molar-refractivity contribution >= 4 is 23.5 Å². The summed E-state index contributed by atoms with van der Waals surface area (Å²) in [5.41, 5.74) is 3.16. The Balaban J connectivity index is 1.67. The van der Waals surface area contributed by atoms with Crippen LogP contribution >= 0.6 is 11.8 Å². The second kappa shape index (κ2) is 8.85. The van der Waals surface area contributed by atoms with Crippen LogP contribution in [0.2, 0.25) is 0 Å². The Kier molecular flexibility index (Phi) is 5.99. The van der Waals surface area contributed by atoms with Crippen LogP contribution in [0.1, 0.15) is 41.5 Å². The zero-order valence-corrected chi connectivity index (χ0v) is 18.1. The number of aryl methyl sites for hydroxylation is 1. The SMILES string of the molecule is CCOc1cc([C@H]2CC(=O)Nc3nc(SCc4ccccc4C)[nH]c(=O)c32)ccc1O. The summed E-state index contributed by atoms with van der Waals surface area (Å²) < 4.78 is 5.46. The van der Waals surface area contributed by atoms with E-state index in [1.807, 2.05) is 38.1 Å². The third kappa shape index (κ3) is 4.44. The molecule has 0 unspecified atom stereocenters. The number of amides is 1. The molecule has 0 radical (unpaired) electrons. The van der Waals surface area contributed by atoms with Gasteiger partial charge in [-0.15, -0.1) is 0 Å². The topological polar surface area (TPSA) is 104 Å². The van der Waals surface area contributed by atoms with Gasteiger partial charge in [0.2, 0.25) is 5.91 Å². The van der Waals surface area contributed by atoms with Crippen molar-refractivity contribution in [1.29, 1.82) is 0 Å². The van der Waals surface area contributed by atoms with Crippen LogP contribution in [0.4, 0.5) is 5.82 Å². The lowest BCUT2D eigenvalue weighted by Gasteiger charge is -2.25. The molecule has 7 nitrogen and oxygen atoms in total. The fraction of sp³-hybridized carbons (Fsp3) is 0.261. The molecule has 0 saturated heterocycles. The first-order valence-electron chi connectivity index (χ1n) is 10.0. The lowest BCUT2D eigenvalue weighted by atomic mass is 9.86. The predicted molar refractivity (Wildman–Crippen MR) is 120 cm³/mol. The van der Waals surface area contributed by atoms with Gasteiger partial charge in [-0.05, 0) is 42.7 Å². The van der Waals surface area contributed by atoms with Crippen LogP contribution in [0.25, 0.3) is 0 Å². The monoisotopic (exact) mass is 437 g/mol. The number of phenols is 1. The number of anilines is 1. The minimum Gasteiger partial charge on any atom is -0.504 e. The minimum atomic E-state index is -0.477. The molecule has 0 bridgehead atoms. The van der Waals surface area contributed by atoms with Gasteiger partial charge >= 0.3 is 0 Å². The molecule has 0 spiro atoms. The van der Waals surface area contributed by atoms with Gasteiger partial charge in [0, 0.05) is 18.1 Å². The molecule has 8 heteroatoms. The van der Waals surface area contributed by atoms with Crippen molar-refractivity contribution in [2.75, 3.05) is 11.9 Å². The number of carbonyl (C=O) groups excluding carboxylic acids is 1. The second-order valence-electron chi connectivity index (χ2n) is 7.31. The maximum atomic E-state index is 13.0. The van der Waals surface area contributed by atoms with E-state index in [9.17, 15) is 14.7 Å². The third-order valence-corrected chi connectivity index (χ3v) is 6.16. The number of aromatic hydroxyl groups is 1. The van der Waals surface area contributed by atoms with Crippen LogP contribution < -0.4 is 15.6 Å². The number of hydrogen-bond donors (Lipinski definition) is 3. The Morgan fingerprint density at radius 3 is 2.81 bits per heavy atom. The number of H-pyrrole nitrogens is 1. The molecule has 31 heavy (non-hydrogen) atoms. The number of thioether (sulfide) groups is 1. The zero-order chi connectivity index (χ0) is 22.0. The Hall–Kier alpha value is -3.26. The molecular formula is C23H23N3O4S. The molecular weight excluding hydrogens is 414 g/mol. The first-order valence-corrected chi connectivity index (χ1v) is 11.0. The van der Waals surface area contributed by atoms with Crippen molar-refractivity contribution in [3.05, 3.63) is 75.1 Å². The molecule has 1 amide bonds. The Morgan fingerprint density at radius 1 is 1.23 bits per heavy atom. The third-order valence-electron chi connectivity index (χ3n) is 5.24. The fourth-order valence-electron chi connectivity index (χ4n) is 3.64. The van der Waals surface area contributed by atoms with E-state index in [1.165, 1.54) is 23.4 Å². The summed E-state index contributed by atoms with van der Waals surface area (Å²) in [6.45, 7) is 4.25. The maximum absolute atomic E-state index is 13.0. The molecule has 1 aliphatic rings. The standard InChI is InChI=1S/C23H23N3O4S/c1-3-30-18-10-14(8-9-17(18)27)16-11-19(28)24-21-20(16)22(29)26-23(25-21)31-12-15-7-5-4-6-13(15)2/h4-10,16,27H,3,11-12H2,1-2H3,(H2,24,25,26,28,29)/t16-/m1/s1. The van der Waals surface area contributed by atoms with Gasteiger partial charge in [0.15, 0.2) is 16.7 Å². The van der Waals surface area contributed by atoms with E-state index in [2.05, 4.69) is 15.3 Å². The summed E-state index contributed by atoms with van der Waals surface area (Å²) in [4.78, 5) is 32.7. The van der Waals surface area contributed by atoms with Gasteiger partial charge in [-0.2, -0.15) is 0 Å². The zero-order valence-electron chi connectivity index (χ0n) is 17.3. The molecule has 1 atom stereocenters. The Morgan fingerprint density at radius 2 is 2.03 bits per heavy atom. The largest absolute Gasteiger partial charge is 0.504 e. The molecule has 0 saturated carbocycles.